The summed E-state index contributed by atoms with van der Waals surface area (Å²) in [5, 5.41) is 11.2. The van der Waals surface area contributed by atoms with Crippen molar-refractivity contribution in [2.45, 2.75) is 55.8 Å². The molecule has 0 bridgehead atoms. The van der Waals surface area contributed by atoms with E-state index >= 15 is 0 Å². The van der Waals surface area contributed by atoms with Gasteiger partial charge in [-0.1, -0.05) is 18.6 Å². The van der Waals surface area contributed by atoms with Gasteiger partial charge in [-0.25, -0.2) is 35.2 Å². The molecule has 0 saturated heterocycles. The second-order valence-electron chi connectivity index (χ2n) is 9.88. The Kier molecular flexibility index (Phi) is 7.19. The van der Waals surface area contributed by atoms with E-state index in [0.717, 1.165) is 6.42 Å². The molecule has 0 aliphatic heterocycles. The molecule has 3 aromatic rings. The molecule has 1 heterocycles. The summed E-state index contributed by atoms with van der Waals surface area (Å²) < 4.78 is 102. The largest absolute Gasteiger partial charge is 0.506 e. The molecule has 2 aliphatic carbocycles. The molecule has 1 aromatic heterocycles. The van der Waals surface area contributed by atoms with Crippen molar-refractivity contribution in [3.63, 3.8) is 0 Å². The Morgan fingerprint density at radius 2 is 1.52 bits per heavy atom. The van der Waals surface area contributed by atoms with Gasteiger partial charge in [0.05, 0.1) is 11.1 Å². The van der Waals surface area contributed by atoms with E-state index in [1.54, 1.807) is 0 Å². The number of fused-ring (bicyclic) bond motifs is 1. The number of carbonyl (C=O) groups excluding carboxylic acids is 1. The van der Waals surface area contributed by atoms with Crippen molar-refractivity contribution in [3.8, 4) is 5.75 Å². The zero-order valence-electron chi connectivity index (χ0n) is 20.7. The highest BCUT2D eigenvalue weighted by atomic mass is 32.2. The Morgan fingerprint density at radius 1 is 0.900 bits per heavy atom. The molecule has 0 radical (unpaired) electrons. The van der Waals surface area contributed by atoms with Gasteiger partial charge in [0.1, 0.15) is 11.5 Å². The molecule has 2 N–H and O–H groups in total. The zero-order chi connectivity index (χ0) is 28.9. The van der Waals surface area contributed by atoms with Crippen molar-refractivity contribution in [2.75, 3.05) is 4.72 Å². The number of benzene rings is 2. The summed E-state index contributed by atoms with van der Waals surface area (Å²) in [5.41, 5.74) is -1.09. The van der Waals surface area contributed by atoms with E-state index < -0.39 is 61.3 Å². The first-order valence-corrected chi connectivity index (χ1v) is 14.0. The van der Waals surface area contributed by atoms with Gasteiger partial charge in [0.15, 0.2) is 33.9 Å². The van der Waals surface area contributed by atoms with Gasteiger partial charge in [-0.3, -0.25) is 9.52 Å². The monoisotopic (exact) mass is 583 g/mol. The SMILES string of the molecule is O=C1CCCCCc2oc(=O)c(C(c3cccc(NS(=O)(=O)c4c(F)c(F)c(F)c(F)c4F)c3)C3CC3)c(O)c21. The first kappa shape index (κ1) is 27.8. The molecule has 40 heavy (non-hydrogen) atoms. The number of aromatic hydroxyl groups is 1. The van der Waals surface area contributed by atoms with Gasteiger partial charge in [-0.2, -0.15) is 0 Å². The van der Waals surface area contributed by atoms with Gasteiger partial charge in [0.25, 0.3) is 10.0 Å². The van der Waals surface area contributed by atoms with Gasteiger partial charge in [-0.15, -0.1) is 0 Å². The maximum atomic E-state index is 14.2. The van der Waals surface area contributed by atoms with E-state index in [-0.39, 0.29) is 40.7 Å². The normalized spacial score (nSPS) is 16.7. The Hall–Kier alpha value is -3.74. The van der Waals surface area contributed by atoms with Crippen molar-refractivity contribution in [1.82, 2.24) is 0 Å². The van der Waals surface area contributed by atoms with Crippen LogP contribution in [0.25, 0.3) is 0 Å². The lowest BCUT2D eigenvalue weighted by atomic mass is 9.85. The summed E-state index contributed by atoms with van der Waals surface area (Å²) in [7, 11) is -5.31. The van der Waals surface area contributed by atoms with Crippen LogP contribution in [0.5, 0.6) is 5.75 Å². The molecular weight excluding hydrogens is 561 g/mol. The molecule has 1 unspecified atom stereocenters. The fourth-order valence-electron chi connectivity index (χ4n) is 5.12. The number of sulfonamides is 1. The van der Waals surface area contributed by atoms with Crippen LogP contribution in [0, 0.1) is 35.0 Å². The van der Waals surface area contributed by atoms with Gasteiger partial charge in [-0.05, 0) is 49.3 Å². The molecule has 2 aromatic carbocycles. The fourth-order valence-corrected chi connectivity index (χ4v) is 6.31. The molecule has 0 amide bonds. The van der Waals surface area contributed by atoms with E-state index in [1.807, 2.05) is 4.72 Å². The third-order valence-electron chi connectivity index (χ3n) is 7.13. The van der Waals surface area contributed by atoms with Crippen molar-refractivity contribution >= 4 is 21.5 Å². The van der Waals surface area contributed by atoms with Crippen LogP contribution in [0.3, 0.4) is 0 Å². The Balaban J connectivity index is 1.57. The molecule has 0 spiro atoms. The van der Waals surface area contributed by atoms with Crippen LogP contribution in [-0.4, -0.2) is 19.3 Å². The smallest absolute Gasteiger partial charge is 0.343 e. The average molecular weight is 584 g/mol. The molecule has 13 heteroatoms. The zero-order valence-corrected chi connectivity index (χ0v) is 21.5. The molecule has 1 saturated carbocycles. The second-order valence-corrected chi connectivity index (χ2v) is 11.5. The summed E-state index contributed by atoms with van der Waals surface area (Å²) in [6.07, 6.45) is 3.77. The number of rotatable bonds is 6. The Morgan fingerprint density at radius 3 is 2.17 bits per heavy atom. The van der Waals surface area contributed by atoms with Crippen LogP contribution in [0.1, 0.15) is 71.7 Å². The lowest BCUT2D eigenvalue weighted by Crippen LogP contribution is -2.21. The van der Waals surface area contributed by atoms with E-state index in [0.29, 0.717) is 37.7 Å². The van der Waals surface area contributed by atoms with Crippen molar-refractivity contribution in [2.24, 2.45) is 5.92 Å². The van der Waals surface area contributed by atoms with Crippen molar-refractivity contribution < 1.29 is 44.7 Å². The number of hydrogen-bond donors (Lipinski definition) is 2. The number of halogens is 5. The maximum Gasteiger partial charge on any atom is 0.343 e. The number of carbonyl (C=O) groups is 1. The van der Waals surface area contributed by atoms with Gasteiger partial charge >= 0.3 is 5.63 Å². The Bertz CT molecular complexity index is 1670. The number of anilines is 1. The summed E-state index contributed by atoms with van der Waals surface area (Å²) in [5.74, 6) is -14.2. The minimum atomic E-state index is -5.31. The number of Topliss-reactive ketones (excluding diaryl/α,β-unsaturated/α-hetero) is 1. The van der Waals surface area contributed by atoms with Crippen molar-refractivity contribution in [3.05, 3.63) is 86.2 Å². The molecule has 212 valence electrons. The summed E-state index contributed by atoms with van der Waals surface area (Å²) in [4.78, 5) is 23.9. The van der Waals surface area contributed by atoms with Crippen LogP contribution in [0.4, 0.5) is 27.6 Å². The third kappa shape index (κ3) is 4.87. The second kappa shape index (κ2) is 10.3. The van der Waals surface area contributed by atoms with Crippen LogP contribution < -0.4 is 10.3 Å². The van der Waals surface area contributed by atoms with E-state index in [2.05, 4.69) is 0 Å². The highest BCUT2D eigenvalue weighted by Crippen LogP contribution is 2.49. The lowest BCUT2D eigenvalue weighted by Gasteiger charge is -2.21. The third-order valence-corrected chi connectivity index (χ3v) is 8.53. The quantitative estimate of drug-likeness (QED) is 0.219. The van der Waals surface area contributed by atoms with Gasteiger partial charge < -0.3 is 9.52 Å². The number of aryl methyl sites for hydroxylation is 1. The van der Waals surface area contributed by atoms with Crippen LogP contribution >= 0.6 is 0 Å². The van der Waals surface area contributed by atoms with Crippen LogP contribution in [0.2, 0.25) is 0 Å². The molecule has 1 atom stereocenters. The van der Waals surface area contributed by atoms with Crippen LogP contribution in [0.15, 0.2) is 38.4 Å². The predicted octanol–water partition coefficient (Wildman–Crippen LogP) is 5.68. The molecule has 7 nitrogen and oxygen atoms in total. The summed E-state index contributed by atoms with van der Waals surface area (Å²) in [6, 6.07) is 5.24. The number of nitrogens with one attached hydrogen (secondary N) is 1. The first-order valence-electron chi connectivity index (χ1n) is 12.5. The van der Waals surface area contributed by atoms with Crippen molar-refractivity contribution in [1.29, 1.82) is 0 Å². The van der Waals surface area contributed by atoms with E-state index in [9.17, 15) is 45.1 Å². The molecular formula is C27H22F5NO6S. The maximum absolute atomic E-state index is 14.2. The Labute approximate surface area is 224 Å². The lowest BCUT2D eigenvalue weighted by molar-refractivity contribution is 0.0968. The van der Waals surface area contributed by atoms with Crippen LogP contribution in [-0.2, 0) is 16.4 Å². The minimum Gasteiger partial charge on any atom is -0.506 e. The molecule has 2 aliphatic rings. The minimum absolute atomic E-state index is 0.0527. The van der Waals surface area contributed by atoms with Gasteiger partial charge in [0, 0.05) is 24.4 Å². The number of ketones is 1. The average Bonchev–Trinajstić information content (AvgIpc) is 3.72. The van der Waals surface area contributed by atoms with E-state index in [4.69, 9.17) is 4.42 Å². The van der Waals surface area contributed by atoms with E-state index in [1.165, 1.54) is 24.3 Å². The van der Waals surface area contributed by atoms with Gasteiger partial charge in [0.2, 0.25) is 5.82 Å². The fraction of sp³-hybridized carbons (Fsp3) is 0.333. The molecule has 5 rings (SSSR count). The number of hydrogen-bond acceptors (Lipinski definition) is 6. The molecule has 1 fully saturated rings. The summed E-state index contributed by atoms with van der Waals surface area (Å²) in [6.45, 7) is 0. The highest BCUT2D eigenvalue weighted by Gasteiger charge is 2.40. The first-order chi connectivity index (χ1) is 18.9. The predicted molar refractivity (Wildman–Crippen MR) is 131 cm³/mol. The summed E-state index contributed by atoms with van der Waals surface area (Å²) >= 11 is 0. The highest BCUT2D eigenvalue weighted by molar-refractivity contribution is 7.92. The standard InChI is InChI=1S/C27H22F5NO6S/c28-20-21(29)23(31)26(24(32)22(20)30)40(37,38)33-14-6-4-5-13(11-14)17(12-9-10-12)19-25(35)18-15(34)7-2-1-3-8-16(18)39-27(19)36/h4-6,11-12,17,33,35H,1-3,7-10H2. The topological polar surface area (TPSA) is 114 Å².